The first-order valence-electron chi connectivity index (χ1n) is 7.18. The highest BCUT2D eigenvalue weighted by Gasteiger charge is 2.21. The molecule has 21 heavy (non-hydrogen) atoms. The number of nitrogens with zero attached hydrogens (tertiary/aromatic N) is 3. The predicted molar refractivity (Wildman–Crippen MR) is 81.8 cm³/mol. The summed E-state index contributed by atoms with van der Waals surface area (Å²) in [6.07, 6.45) is 1.68. The number of nitrogens with one attached hydrogen (secondary N) is 2. The number of nitro groups is 1. The van der Waals surface area contributed by atoms with Gasteiger partial charge in [-0.25, -0.2) is 4.98 Å². The SMILES string of the molecule is CCCNc1nc(C)c([N+](=O)[O-])c(NCCCOCC)n1. The molecule has 0 atom stereocenters. The van der Waals surface area contributed by atoms with Gasteiger partial charge >= 0.3 is 5.69 Å². The Balaban J connectivity index is 2.80. The molecule has 0 aliphatic carbocycles. The fourth-order valence-electron chi connectivity index (χ4n) is 1.75. The van der Waals surface area contributed by atoms with Crippen LogP contribution in [0.1, 0.15) is 32.4 Å². The molecule has 1 aromatic heterocycles. The van der Waals surface area contributed by atoms with Crippen LogP contribution in [0.15, 0.2) is 0 Å². The molecule has 0 amide bonds. The van der Waals surface area contributed by atoms with E-state index < -0.39 is 4.92 Å². The summed E-state index contributed by atoms with van der Waals surface area (Å²) in [5.41, 5.74) is 0.273. The molecular weight excluding hydrogens is 274 g/mol. The van der Waals surface area contributed by atoms with Crippen LogP contribution < -0.4 is 10.6 Å². The van der Waals surface area contributed by atoms with Crippen LogP contribution in [0.2, 0.25) is 0 Å². The standard InChI is InChI=1S/C13H23N5O3/c1-4-7-15-13-16-10(3)11(18(19)20)12(17-13)14-8-6-9-21-5-2/h4-9H2,1-3H3,(H2,14,15,16,17). The fourth-order valence-corrected chi connectivity index (χ4v) is 1.75. The van der Waals surface area contributed by atoms with E-state index in [2.05, 4.69) is 20.6 Å². The Bertz CT molecular complexity index is 467. The topological polar surface area (TPSA) is 102 Å². The average molecular weight is 297 g/mol. The van der Waals surface area contributed by atoms with Gasteiger partial charge in [0.2, 0.25) is 11.8 Å². The van der Waals surface area contributed by atoms with Crippen LogP contribution in [0.4, 0.5) is 17.5 Å². The minimum absolute atomic E-state index is 0.0755. The van der Waals surface area contributed by atoms with E-state index >= 15 is 0 Å². The predicted octanol–water partition coefficient (Wildman–Crippen LogP) is 2.35. The zero-order valence-electron chi connectivity index (χ0n) is 12.8. The molecule has 0 spiro atoms. The van der Waals surface area contributed by atoms with Crippen molar-refractivity contribution in [2.75, 3.05) is 36.9 Å². The van der Waals surface area contributed by atoms with Crippen LogP contribution in [0.25, 0.3) is 0 Å². The van der Waals surface area contributed by atoms with Crippen molar-refractivity contribution in [3.8, 4) is 0 Å². The third-order valence-electron chi connectivity index (χ3n) is 2.74. The van der Waals surface area contributed by atoms with Crippen molar-refractivity contribution in [2.24, 2.45) is 0 Å². The largest absolute Gasteiger partial charge is 0.382 e. The summed E-state index contributed by atoms with van der Waals surface area (Å²) in [5, 5.41) is 17.2. The molecule has 2 N–H and O–H groups in total. The van der Waals surface area contributed by atoms with Gasteiger partial charge in [0.05, 0.1) is 4.92 Å². The van der Waals surface area contributed by atoms with Gasteiger partial charge in [-0.05, 0) is 26.7 Å². The van der Waals surface area contributed by atoms with E-state index in [1.807, 2.05) is 13.8 Å². The third-order valence-corrected chi connectivity index (χ3v) is 2.74. The molecule has 0 bridgehead atoms. The number of anilines is 2. The third kappa shape index (κ3) is 5.50. The van der Waals surface area contributed by atoms with Crippen LogP contribution >= 0.6 is 0 Å². The molecule has 1 aromatic rings. The lowest BCUT2D eigenvalue weighted by molar-refractivity contribution is -0.385. The maximum atomic E-state index is 11.1. The Kier molecular flexibility index (Phi) is 7.38. The Morgan fingerprint density at radius 2 is 2.00 bits per heavy atom. The van der Waals surface area contributed by atoms with Gasteiger partial charge in [0, 0.05) is 26.3 Å². The zero-order valence-corrected chi connectivity index (χ0v) is 12.8. The maximum Gasteiger partial charge on any atom is 0.332 e. The van der Waals surface area contributed by atoms with Crippen molar-refractivity contribution < 1.29 is 9.66 Å². The summed E-state index contributed by atoms with van der Waals surface area (Å²) in [6.45, 7) is 8.13. The lowest BCUT2D eigenvalue weighted by Crippen LogP contribution is -2.13. The normalized spacial score (nSPS) is 10.4. The van der Waals surface area contributed by atoms with E-state index in [1.54, 1.807) is 6.92 Å². The monoisotopic (exact) mass is 297 g/mol. The molecule has 0 aromatic carbocycles. The number of aromatic nitrogens is 2. The molecule has 1 rings (SSSR count). The molecule has 0 unspecified atom stereocenters. The van der Waals surface area contributed by atoms with Crippen LogP contribution in [0.3, 0.4) is 0 Å². The Hall–Kier alpha value is -1.96. The van der Waals surface area contributed by atoms with Crippen LogP contribution in [-0.4, -0.2) is 41.2 Å². The second-order valence-corrected chi connectivity index (χ2v) is 4.49. The van der Waals surface area contributed by atoms with Crippen molar-refractivity contribution in [1.82, 2.24) is 9.97 Å². The summed E-state index contributed by atoms with van der Waals surface area (Å²) in [6, 6.07) is 0. The molecule has 0 saturated carbocycles. The summed E-state index contributed by atoms with van der Waals surface area (Å²) >= 11 is 0. The molecule has 0 aliphatic rings. The van der Waals surface area contributed by atoms with Crippen molar-refractivity contribution in [3.05, 3.63) is 15.8 Å². The fraction of sp³-hybridized carbons (Fsp3) is 0.692. The lowest BCUT2D eigenvalue weighted by Gasteiger charge is -2.10. The second-order valence-electron chi connectivity index (χ2n) is 4.49. The summed E-state index contributed by atoms with van der Waals surface area (Å²) in [4.78, 5) is 19.0. The van der Waals surface area contributed by atoms with Gasteiger partial charge in [0.25, 0.3) is 0 Å². The van der Waals surface area contributed by atoms with E-state index in [-0.39, 0.29) is 11.5 Å². The zero-order chi connectivity index (χ0) is 15.7. The van der Waals surface area contributed by atoms with E-state index in [0.29, 0.717) is 31.4 Å². The van der Waals surface area contributed by atoms with Crippen LogP contribution in [0, 0.1) is 17.0 Å². The van der Waals surface area contributed by atoms with Crippen LogP contribution in [-0.2, 0) is 4.74 Å². The first-order chi connectivity index (χ1) is 10.1. The summed E-state index contributed by atoms with van der Waals surface area (Å²) < 4.78 is 5.23. The number of hydrogen-bond acceptors (Lipinski definition) is 7. The minimum atomic E-state index is -0.455. The van der Waals surface area contributed by atoms with Gasteiger partial charge < -0.3 is 15.4 Å². The molecule has 8 heteroatoms. The Labute approximate surface area is 124 Å². The summed E-state index contributed by atoms with van der Waals surface area (Å²) in [7, 11) is 0. The minimum Gasteiger partial charge on any atom is -0.382 e. The smallest absolute Gasteiger partial charge is 0.332 e. The van der Waals surface area contributed by atoms with E-state index in [9.17, 15) is 10.1 Å². The molecule has 0 saturated heterocycles. The van der Waals surface area contributed by atoms with E-state index in [4.69, 9.17) is 4.74 Å². The Morgan fingerprint density at radius 3 is 2.62 bits per heavy atom. The number of aryl methyl sites for hydroxylation is 1. The van der Waals surface area contributed by atoms with E-state index in [1.165, 1.54) is 0 Å². The summed E-state index contributed by atoms with van der Waals surface area (Å²) in [5.74, 6) is 0.662. The number of ether oxygens (including phenoxy) is 1. The van der Waals surface area contributed by atoms with Gasteiger partial charge in [-0.2, -0.15) is 4.98 Å². The van der Waals surface area contributed by atoms with Crippen molar-refractivity contribution in [2.45, 2.75) is 33.6 Å². The number of hydrogen-bond donors (Lipinski definition) is 2. The highest BCUT2D eigenvalue weighted by atomic mass is 16.6. The van der Waals surface area contributed by atoms with Gasteiger partial charge in [0.1, 0.15) is 5.69 Å². The van der Waals surface area contributed by atoms with Crippen molar-refractivity contribution in [1.29, 1.82) is 0 Å². The van der Waals surface area contributed by atoms with Crippen molar-refractivity contribution in [3.63, 3.8) is 0 Å². The first kappa shape index (κ1) is 17.1. The molecular formula is C13H23N5O3. The molecule has 0 fully saturated rings. The quantitative estimate of drug-likeness (QED) is 0.388. The highest BCUT2D eigenvalue weighted by molar-refractivity contribution is 5.60. The molecule has 1 heterocycles. The molecule has 8 nitrogen and oxygen atoms in total. The van der Waals surface area contributed by atoms with Gasteiger partial charge in [0.15, 0.2) is 0 Å². The van der Waals surface area contributed by atoms with Crippen LogP contribution in [0.5, 0.6) is 0 Å². The molecule has 0 radical (unpaired) electrons. The van der Waals surface area contributed by atoms with Crippen molar-refractivity contribution >= 4 is 17.5 Å². The van der Waals surface area contributed by atoms with E-state index in [0.717, 1.165) is 19.4 Å². The molecule has 118 valence electrons. The van der Waals surface area contributed by atoms with Gasteiger partial charge in [-0.3, -0.25) is 10.1 Å². The maximum absolute atomic E-state index is 11.1. The average Bonchev–Trinajstić information content (AvgIpc) is 2.44. The number of rotatable bonds is 10. The lowest BCUT2D eigenvalue weighted by atomic mass is 10.3. The second kappa shape index (κ2) is 9.06. The first-order valence-corrected chi connectivity index (χ1v) is 7.18. The highest BCUT2D eigenvalue weighted by Crippen LogP contribution is 2.26. The van der Waals surface area contributed by atoms with Gasteiger partial charge in [-0.1, -0.05) is 6.92 Å². The van der Waals surface area contributed by atoms with Gasteiger partial charge in [-0.15, -0.1) is 0 Å². The Morgan fingerprint density at radius 1 is 1.24 bits per heavy atom. The molecule has 0 aliphatic heterocycles.